The number of hydrogen-bond donors (Lipinski definition) is 1. The molecule has 0 spiro atoms. The molecule has 0 aromatic heterocycles. The lowest BCUT2D eigenvalue weighted by molar-refractivity contribution is -0.713. The first-order valence-corrected chi connectivity index (χ1v) is 4.56. The van der Waals surface area contributed by atoms with E-state index >= 15 is 0 Å². The van der Waals surface area contributed by atoms with Gasteiger partial charge in [-0.05, 0) is 26.7 Å². The fraction of sp³-hybridized carbons (Fsp3) is 0.889. The van der Waals surface area contributed by atoms with Crippen molar-refractivity contribution >= 4 is 5.97 Å². The molecule has 0 aromatic rings. The summed E-state index contributed by atoms with van der Waals surface area (Å²) in [6.45, 7) is 6.35. The van der Waals surface area contributed by atoms with Gasteiger partial charge in [0.25, 0.3) is 0 Å². The van der Waals surface area contributed by atoms with E-state index in [9.17, 15) is 9.90 Å². The molecule has 0 aliphatic carbocycles. The standard InChI is InChI=1S/C9H19NO2.2ClH/c1-4-5-6-7-10-9(2,3)8(11)12;;/h10H,4-7H2,1-3H3,(H,11,12);2*1H/p-2. The molecule has 2 N–H and O–H groups in total. The van der Waals surface area contributed by atoms with Crippen molar-refractivity contribution in [1.82, 2.24) is 0 Å². The fourth-order valence-corrected chi connectivity index (χ4v) is 0.941. The molecule has 0 radical (unpaired) electrons. The number of hydrogen-bond acceptors (Lipinski definition) is 2. The lowest BCUT2D eigenvalue weighted by atomic mass is 10.1. The Bertz CT molecular complexity index is 152. The quantitative estimate of drug-likeness (QED) is 0.472. The van der Waals surface area contributed by atoms with Gasteiger partial charge in [-0.15, -0.1) is 0 Å². The minimum atomic E-state index is -0.987. The zero-order valence-electron chi connectivity index (χ0n) is 8.98. The summed E-state index contributed by atoms with van der Waals surface area (Å²) in [5, 5.41) is 12.4. The molecule has 0 saturated carbocycles. The fourth-order valence-electron chi connectivity index (χ4n) is 0.941. The molecule has 0 fully saturated rings. The van der Waals surface area contributed by atoms with Crippen LogP contribution in [0.1, 0.15) is 40.0 Å². The van der Waals surface area contributed by atoms with Gasteiger partial charge in [-0.3, -0.25) is 0 Å². The van der Waals surface area contributed by atoms with E-state index in [0.717, 1.165) is 13.0 Å². The smallest absolute Gasteiger partial charge is 0.130 e. The highest BCUT2D eigenvalue weighted by molar-refractivity contribution is 5.73. The molecule has 5 heteroatoms. The summed E-state index contributed by atoms with van der Waals surface area (Å²) in [7, 11) is 0. The molecule has 0 aliphatic rings. The second-order valence-corrected chi connectivity index (χ2v) is 3.71. The van der Waals surface area contributed by atoms with Gasteiger partial charge < -0.3 is 40.0 Å². The Hall–Kier alpha value is 0.01000. The van der Waals surface area contributed by atoms with E-state index < -0.39 is 11.5 Å². The number of carbonyl (C=O) groups excluding carboxylic acids is 1. The molecule has 14 heavy (non-hydrogen) atoms. The molecule has 88 valence electrons. The van der Waals surface area contributed by atoms with Crippen molar-refractivity contribution in [2.45, 2.75) is 45.6 Å². The third kappa shape index (κ3) is 8.60. The summed E-state index contributed by atoms with van der Waals surface area (Å²) in [5.41, 5.74) is -0.770. The molecule has 0 aliphatic heterocycles. The molecule has 0 bridgehead atoms. The van der Waals surface area contributed by atoms with Crippen LogP contribution in [0.5, 0.6) is 0 Å². The predicted octanol–water partition coefficient (Wildman–Crippen LogP) is -6.72. The Morgan fingerprint density at radius 3 is 2.14 bits per heavy atom. The second-order valence-electron chi connectivity index (χ2n) is 3.71. The summed E-state index contributed by atoms with van der Waals surface area (Å²) in [6.07, 6.45) is 3.41. The molecule has 0 aromatic carbocycles. The predicted molar refractivity (Wildman–Crippen MR) is 45.4 cm³/mol. The number of carbonyl (C=O) groups is 1. The van der Waals surface area contributed by atoms with E-state index in [1.165, 1.54) is 12.8 Å². The van der Waals surface area contributed by atoms with E-state index in [4.69, 9.17) is 0 Å². The number of carboxylic acid groups (broad SMARTS) is 1. The Labute approximate surface area is 98.5 Å². The number of rotatable bonds is 6. The summed E-state index contributed by atoms with van der Waals surface area (Å²) in [5.74, 6) is -0.987. The normalized spacial score (nSPS) is 9.93. The lowest BCUT2D eigenvalue weighted by Crippen LogP contribution is -3.00. The Balaban J connectivity index is -0.000000605. The Kier molecular flexibility index (Phi) is 13.4. The highest BCUT2D eigenvalue weighted by Gasteiger charge is 2.21. The summed E-state index contributed by atoms with van der Waals surface area (Å²) in [4.78, 5) is 10.5. The highest BCUT2D eigenvalue weighted by atomic mass is 35.5. The molecular formula is C9H19Cl2NO2-2. The van der Waals surface area contributed by atoms with Gasteiger partial charge in [0.1, 0.15) is 11.5 Å². The van der Waals surface area contributed by atoms with Crippen molar-refractivity contribution in [3.63, 3.8) is 0 Å². The number of nitrogens with two attached hydrogens (primary N) is 1. The molecule has 0 saturated heterocycles. The average Bonchev–Trinajstić information content (AvgIpc) is 1.98. The first-order chi connectivity index (χ1) is 5.50. The monoisotopic (exact) mass is 243 g/mol. The molecule has 0 rings (SSSR count). The maximum atomic E-state index is 10.5. The molecule has 0 atom stereocenters. The van der Waals surface area contributed by atoms with Crippen LogP contribution in [0.15, 0.2) is 0 Å². The van der Waals surface area contributed by atoms with Gasteiger partial charge in [0.15, 0.2) is 0 Å². The van der Waals surface area contributed by atoms with E-state index in [1.807, 2.05) is 5.32 Å². The minimum Gasteiger partial charge on any atom is -1.00 e. The Morgan fingerprint density at radius 2 is 1.79 bits per heavy atom. The van der Waals surface area contributed by atoms with Crippen LogP contribution in [0.3, 0.4) is 0 Å². The van der Waals surface area contributed by atoms with E-state index in [2.05, 4.69) is 6.92 Å². The van der Waals surface area contributed by atoms with Gasteiger partial charge in [-0.1, -0.05) is 13.3 Å². The summed E-state index contributed by atoms with van der Waals surface area (Å²) in [6, 6.07) is 0. The average molecular weight is 244 g/mol. The zero-order valence-corrected chi connectivity index (χ0v) is 10.5. The zero-order chi connectivity index (χ0) is 9.61. The Morgan fingerprint density at radius 1 is 1.29 bits per heavy atom. The van der Waals surface area contributed by atoms with Crippen molar-refractivity contribution < 1.29 is 40.0 Å². The first-order valence-electron chi connectivity index (χ1n) is 4.56. The number of quaternary nitrogens is 1. The van der Waals surface area contributed by atoms with Crippen molar-refractivity contribution in [2.24, 2.45) is 0 Å². The van der Waals surface area contributed by atoms with E-state index in [1.54, 1.807) is 13.8 Å². The molecular weight excluding hydrogens is 225 g/mol. The SMILES string of the molecule is CCCCC[NH2+]C(C)(C)C(=O)[O-].[Cl-].[Cl-]. The summed E-state index contributed by atoms with van der Waals surface area (Å²) >= 11 is 0. The van der Waals surface area contributed by atoms with Crippen molar-refractivity contribution in [2.75, 3.05) is 6.54 Å². The van der Waals surface area contributed by atoms with Crippen molar-refractivity contribution in [3.8, 4) is 0 Å². The third-order valence-corrected chi connectivity index (χ3v) is 1.99. The summed E-state index contributed by atoms with van der Waals surface area (Å²) < 4.78 is 0. The number of unbranched alkanes of at least 4 members (excludes halogenated alkanes) is 2. The van der Waals surface area contributed by atoms with Gasteiger partial charge in [-0.2, -0.15) is 0 Å². The molecule has 0 unspecified atom stereocenters. The van der Waals surface area contributed by atoms with Crippen LogP contribution in [0.2, 0.25) is 0 Å². The van der Waals surface area contributed by atoms with Crippen molar-refractivity contribution in [3.05, 3.63) is 0 Å². The maximum absolute atomic E-state index is 10.5. The highest BCUT2D eigenvalue weighted by Crippen LogP contribution is 1.93. The van der Waals surface area contributed by atoms with Gasteiger partial charge in [0, 0.05) is 0 Å². The number of carboxylic acids is 1. The van der Waals surface area contributed by atoms with Gasteiger partial charge >= 0.3 is 0 Å². The maximum Gasteiger partial charge on any atom is 0.130 e. The second kappa shape index (κ2) is 9.56. The van der Waals surface area contributed by atoms with Crippen molar-refractivity contribution in [1.29, 1.82) is 0 Å². The van der Waals surface area contributed by atoms with Gasteiger partial charge in [0.2, 0.25) is 0 Å². The van der Waals surface area contributed by atoms with Crippen LogP contribution in [0.25, 0.3) is 0 Å². The van der Waals surface area contributed by atoms with Crippen LogP contribution in [-0.2, 0) is 4.79 Å². The van der Waals surface area contributed by atoms with Crippen LogP contribution in [0, 0.1) is 0 Å². The van der Waals surface area contributed by atoms with E-state index in [0.29, 0.717) is 0 Å². The van der Waals surface area contributed by atoms with Crippen LogP contribution in [-0.4, -0.2) is 18.1 Å². The van der Waals surface area contributed by atoms with Gasteiger partial charge in [-0.25, -0.2) is 0 Å². The number of halogens is 2. The minimum absolute atomic E-state index is 0. The molecule has 0 amide bonds. The molecule has 3 nitrogen and oxygen atoms in total. The van der Waals surface area contributed by atoms with Crippen LogP contribution >= 0.6 is 0 Å². The van der Waals surface area contributed by atoms with Gasteiger partial charge in [0.05, 0.1) is 6.54 Å². The van der Waals surface area contributed by atoms with Crippen LogP contribution in [0.4, 0.5) is 0 Å². The molecule has 0 heterocycles. The topological polar surface area (TPSA) is 56.7 Å². The van der Waals surface area contributed by atoms with E-state index in [-0.39, 0.29) is 24.8 Å². The largest absolute Gasteiger partial charge is 1.00 e. The number of aliphatic carboxylic acids is 1. The van der Waals surface area contributed by atoms with Crippen LogP contribution < -0.4 is 35.2 Å². The lowest BCUT2D eigenvalue weighted by Gasteiger charge is -2.23. The third-order valence-electron chi connectivity index (χ3n) is 1.99. The first kappa shape index (κ1) is 19.6.